The second-order valence-electron chi connectivity index (χ2n) is 2.37. The molecule has 1 rings (SSSR count). The molecule has 0 bridgehead atoms. The third-order valence-corrected chi connectivity index (χ3v) is 1.55. The Bertz CT molecular complexity index is 437. The maximum atomic E-state index is 11.2. The van der Waals surface area contributed by atoms with Crippen molar-refractivity contribution in [3.05, 3.63) is 29.8 Å². The van der Waals surface area contributed by atoms with Crippen molar-refractivity contribution in [2.75, 3.05) is 26.0 Å². The molecule has 0 amide bonds. The number of nitrogens with zero attached hydrogens (tertiary/aromatic N) is 1. The first-order valence-electron chi connectivity index (χ1n) is 6.56. The van der Waals surface area contributed by atoms with E-state index in [1.54, 1.807) is 0 Å². The molecule has 0 radical (unpaired) electrons. The normalized spacial score (nSPS) is 18.2. The maximum absolute atomic E-state index is 11.2. The molecular formula is C10H13NO2. The van der Waals surface area contributed by atoms with Gasteiger partial charge in [-0.25, -0.2) is 4.79 Å². The fraction of sp³-hybridized carbons (Fsp3) is 0.300. The Hall–Kier alpha value is -1.51. The van der Waals surface area contributed by atoms with E-state index in [0.29, 0.717) is 4.90 Å². The predicted octanol–water partition coefficient (Wildman–Crippen LogP) is 1.54. The SMILES string of the molecule is [2H]C([2H])([2H])N(c1ccc(C(=O)OC)cc1)C([2H])([2H])[2H]. The lowest BCUT2D eigenvalue weighted by Crippen LogP contribution is -2.09. The van der Waals surface area contributed by atoms with Crippen molar-refractivity contribution in [3.63, 3.8) is 0 Å². The first-order valence-corrected chi connectivity index (χ1v) is 3.56. The zero-order valence-corrected chi connectivity index (χ0v) is 7.07. The third kappa shape index (κ3) is 2.21. The van der Waals surface area contributed by atoms with E-state index >= 15 is 0 Å². The molecule has 0 aliphatic rings. The number of hydrogen-bond donors (Lipinski definition) is 0. The summed E-state index contributed by atoms with van der Waals surface area (Å²) in [4.78, 5) is 11.6. The molecular weight excluding hydrogens is 166 g/mol. The first kappa shape index (κ1) is 4.13. The van der Waals surface area contributed by atoms with Crippen molar-refractivity contribution in [1.82, 2.24) is 0 Å². The van der Waals surface area contributed by atoms with Gasteiger partial charge in [0.15, 0.2) is 0 Å². The van der Waals surface area contributed by atoms with Gasteiger partial charge in [0, 0.05) is 27.9 Å². The summed E-state index contributed by atoms with van der Waals surface area (Å²) in [5.41, 5.74) is 0.190. The summed E-state index contributed by atoms with van der Waals surface area (Å²) < 4.78 is 48.1. The van der Waals surface area contributed by atoms with E-state index in [0.717, 1.165) is 0 Å². The van der Waals surface area contributed by atoms with E-state index in [1.807, 2.05) is 0 Å². The standard InChI is InChI=1S/C10H13NO2/c1-11(2)9-6-4-8(5-7-9)10(12)13-3/h4-7H,1-3H3/i1D3,2D3. The Labute approximate surface area is 86.4 Å². The van der Waals surface area contributed by atoms with Crippen molar-refractivity contribution in [2.45, 2.75) is 0 Å². The van der Waals surface area contributed by atoms with Gasteiger partial charge in [-0.3, -0.25) is 0 Å². The van der Waals surface area contributed by atoms with Gasteiger partial charge in [-0.1, -0.05) is 0 Å². The Kier molecular flexibility index (Phi) is 1.25. The van der Waals surface area contributed by atoms with Gasteiger partial charge in [0.25, 0.3) is 0 Å². The minimum atomic E-state index is -2.81. The zero-order chi connectivity index (χ0) is 14.8. The van der Waals surface area contributed by atoms with Crippen molar-refractivity contribution >= 4 is 11.7 Å². The molecule has 13 heavy (non-hydrogen) atoms. The molecule has 0 unspecified atom stereocenters. The summed E-state index contributed by atoms with van der Waals surface area (Å²) in [5, 5.41) is 0. The highest BCUT2D eigenvalue weighted by atomic mass is 16.5. The third-order valence-electron chi connectivity index (χ3n) is 1.55. The van der Waals surface area contributed by atoms with Gasteiger partial charge in [-0.05, 0) is 24.3 Å². The van der Waals surface area contributed by atoms with Gasteiger partial charge in [0.2, 0.25) is 0 Å². The molecule has 0 atom stereocenters. The van der Waals surface area contributed by atoms with E-state index in [-0.39, 0.29) is 11.3 Å². The summed E-state index contributed by atoms with van der Waals surface area (Å²) in [6.45, 7) is -5.62. The second-order valence-corrected chi connectivity index (χ2v) is 2.37. The summed E-state index contributed by atoms with van der Waals surface area (Å²) in [6.07, 6.45) is 0. The zero-order valence-electron chi connectivity index (χ0n) is 13.1. The Morgan fingerprint density at radius 3 is 2.46 bits per heavy atom. The molecule has 0 spiro atoms. The van der Waals surface area contributed by atoms with Gasteiger partial charge >= 0.3 is 5.97 Å². The number of carbonyl (C=O) groups is 1. The number of benzene rings is 1. The number of rotatable bonds is 2. The molecule has 1 aromatic rings. The molecule has 70 valence electrons. The Balaban J connectivity index is 3.16. The topological polar surface area (TPSA) is 29.5 Å². The molecule has 0 saturated heterocycles. The number of carbonyl (C=O) groups excluding carboxylic acids is 1. The Morgan fingerprint density at radius 2 is 2.00 bits per heavy atom. The van der Waals surface area contributed by atoms with Gasteiger partial charge in [-0.2, -0.15) is 0 Å². The molecule has 0 N–H and O–H groups in total. The van der Waals surface area contributed by atoms with E-state index in [9.17, 15) is 4.79 Å². The van der Waals surface area contributed by atoms with Crippen LogP contribution in [0.4, 0.5) is 5.69 Å². The van der Waals surface area contributed by atoms with Crippen LogP contribution in [0.15, 0.2) is 24.3 Å². The molecule has 0 heterocycles. The molecule has 0 aliphatic carbocycles. The quantitative estimate of drug-likeness (QED) is 0.654. The second kappa shape index (κ2) is 3.94. The monoisotopic (exact) mass is 185 g/mol. The van der Waals surface area contributed by atoms with Crippen molar-refractivity contribution < 1.29 is 17.8 Å². The summed E-state index contributed by atoms with van der Waals surface area (Å²) in [5.74, 6) is -0.583. The number of hydrogen-bond acceptors (Lipinski definition) is 3. The van der Waals surface area contributed by atoms with Crippen LogP contribution in [-0.4, -0.2) is 27.0 Å². The van der Waals surface area contributed by atoms with Gasteiger partial charge in [0.1, 0.15) is 0 Å². The minimum absolute atomic E-state index is 0.0207. The van der Waals surface area contributed by atoms with Crippen LogP contribution in [0.3, 0.4) is 0 Å². The highest BCUT2D eigenvalue weighted by Gasteiger charge is 2.04. The summed E-state index contributed by atoms with van der Waals surface area (Å²) >= 11 is 0. The van der Waals surface area contributed by atoms with Gasteiger partial charge in [-0.15, -0.1) is 0 Å². The van der Waals surface area contributed by atoms with E-state index in [1.165, 1.54) is 31.4 Å². The first-order chi connectivity index (χ1) is 8.57. The Morgan fingerprint density at radius 1 is 1.38 bits per heavy atom. The fourth-order valence-corrected chi connectivity index (χ4v) is 0.864. The molecule has 0 fully saturated rings. The van der Waals surface area contributed by atoms with Crippen molar-refractivity contribution in [2.24, 2.45) is 0 Å². The highest BCUT2D eigenvalue weighted by Crippen LogP contribution is 2.12. The number of methoxy groups -OCH3 is 1. The molecule has 1 aromatic carbocycles. The average Bonchev–Trinajstić information content (AvgIpc) is 2.25. The lowest BCUT2D eigenvalue weighted by Gasteiger charge is -2.11. The lowest BCUT2D eigenvalue weighted by atomic mass is 10.2. The van der Waals surface area contributed by atoms with Crippen molar-refractivity contribution in [1.29, 1.82) is 0 Å². The average molecular weight is 185 g/mol. The van der Waals surface area contributed by atoms with Crippen LogP contribution in [0.25, 0.3) is 0 Å². The van der Waals surface area contributed by atoms with Gasteiger partial charge in [0.05, 0.1) is 12.7 Å². The highest BCUT2D eigenvalue weighted by molar-refractivity contribution is 5.89. The van der Waals surface area contributed by atoms with Crippen LogP contribution in [-0.2, 0) is 4.74 Å². The van der Waals surface area contributed by atoms with E-state index in [2.05, 4.69) is 4.74 Å². The van der Waals surface area contributed by atoms with Gasteiger partial charge < -0.3 is 9.64 Å². The smallest absolute Gasteiger partial charge is 0.337 e. The van der Waals surface area contributed by atoms with Crippen LogP contribution in [0.1, 0.15) is 18.6 Å². The molecule has 0 aliphatic heterocycles. The van der Waals surface area contributed by atoms with Crippen LogP contribution in [0.5, 0.6) is 0 Å². The maximum Gasteiger partial charge on any atom is 0.337 e. The molecule has 0 saturated carbocycles. The summed E-state index contributed by atoms with van der Waals surface area (Å²) in [7, 11) is 1.22. The van der Waals surface area contributed by atoms with Crippen LogP contribution < -0.4 is 4.90 Å². The van der Waals surface area contributed by atoms with Crippen LogP contribution in [0.2, 0.25) is 0 Å². The fourth-order valence-electron chi connectivity index (χ4n) is 0.864. The minimum Gasteiger partial charge on any atom is -0.465 e. The molecule has 0 aromatic heterocycles. The molecule has 3 nitrogen and oxygen atoms in total. The predicted molar refractivity (Wildman–Crippen MR) is 52.1 cm³/mol. The van der Waals surface area contributed by atoms with Crippen molar-refractivity contribution in [3.8, 4) is 0 Å². The molecule has 3 heteroatoms. The van der Waals surface area contributed by atoms with E-state index in [4.69, 9.17) is 8.22 Å². The number of anilines is 1. The lowest BCUT2D eigenvalue weighted by molar-refractivity contribution is 0.0601. The number of ether oxygens (including phenoxy) is 1. The summed E-state index contributed by atoms with van der Waals surface area (Å²) in [6, 6.07) is 5.13. The largest absolute Gasteiger partial charge is 0.465 e. The van der Waals surface area contributed by atoms with E-state index < -0.39 is 19.9 Å². The number of esters is 1. The van der Waals surface area contributed by atoms with Crippen LogP contribution in [0, 0.1) is 0 Å². The van der Waals surface area contributed by atoms with Crippen LogP contribution >= 0.6 is 0 Å².